The van der Waals surface area contributed by atoms with Crippen molar-refractivity contribution < 1.29 is 10.2 Å². The molecule has 3 nitrogen and oxygen atoms in total. The molecule has 1 aromatic rings. The fourth-order valence-corrected chi connectivity index (χ4v) is 3.17. The number of hydrogen-bond donors (Lipinski definition) is 2. The summed E-state index contributed by atoms with van der Waals surface area (Å²) < 4.78 is 0. The highest BCUT2D eigenvalue weighted by Crippen LogP contribution is 2.22. The standard InChI is InChI=1S/C14H19NO2S/c1-11-9-15(7-6-14(11)17)10-13-5-4-12(18-13)3-2-8-16/h4-5,11,14,16-17H,6-10H2,1H3. The van der Waals surface area contributed by atoms with Crippen LogP contribution in [0.25, 0.3) is 0 Å². The predicted octanol–water partition coefficient (Wildman–Crippen LogP) is 1.29. The van der Waals surface area contributed by atoms with E-state index >= 15 is 0 Å². The molecule has 0 radical (unpaired) electrons. The lowest BCUT2D eigenvalue weighted by atomic mass is 9.97. The number of nitrogens with zero attached hydrogens (tertiary/aromatic N) is 1. The number of aliphatic hydroxyl groups excluding tert-OH is 2. The molecule has 0 aromatic carbocycles. The molecule has 1 aromatic heterocycles. The van der Waals surface area contributed by atoms with E-state index in [1.165, 1.54) is 4.88 Å². The first-order chi connectivity index (χ1) is 8.69. The quantitative estimate of drug-likeness (QED) is 0.792. The molecule has 98 valence electrons. The molecule has 2 heterocycles. The van der Waals surface area contributed by atoms with Gasteiger partial charge in [-0.05, 0) is 24.5 Å². The van der Waals surface area contributed by atoms with Crippen molar-refractivity contribution in [2.24, 2.45) is 5.92 Å². The highest BCUT2D eigenvalue weighted by Gasteiger charge is 2.24. The van der Waals surface area contributed by atoms with E-state index < -0.39 is 0 Å². The van der Waals surface area contributed by atoms with Crippen molar-refractivity contribution in [1.29, 1.82) is 0 Å². The zero-order valence-corrected chi connectivity index (χ0v) is 11.4. The smallest absolute Gasteiger partial charge is 0.104 e. The third-order valence-electron chi connectivity index (χ3n) is 3.28. The second kappa shape index (κ2) is 6.35. The molecule has 4 heteroatoms. The molecule has 0 aliphatic carbocycles. The van der Waals surface area contributed by atoms with Crippen molar-refractivity contribution in [3.8, 4) is 11.8 Å². The van der Waals surface area contributed by atoms with Crippen LogP contribution in [-0.2, 0) is 6.54 Å². The molecular weight excluding hydrogens is 246 g/mol. The zero-order chi connectivity index (χ0) is 13.0. The summed E-state index contributed by atoms with van der Waals surface area (Å²) in [7, 11) is 0. The average molecular weight is 265 g/mol. The van der Waals surface area contributed by atoms with E-state index in [9.17, 15) is 5.11 Å². The molecule has 2 atom stereocenters. The Morgan fingerprint density at radius 3 is 3.06 bits per heavy atom. The van der Waals surface area contributed by atoms with E-state index in [-0.39, 0.29) is 12.7 Å². The van der Waals surface area contributed by atoms with Gasteiger partial charge in [0.05, 0.1) is 11.0 Å². The summed E-state index contributed by atoms with van der Waals surface area (Å²) in [5, 5.41) is 18.3. The second-order valence-corrected chi connectivity index (χ2v) is 5.96. The minimum atomic E-state index is -0.143. The van der Waals surface area contributed by atoms with E-state index in [1.807, 2.05) is 6.07 Å². The molecule has 2 N–H and O–H groups in total. The first kappa shape index (κ1) is 13.6. The summed E-state index contributed by atoms with van der Waals surface area (Å²) in [5.41, 5.74) is 0. The van der Waals surface area contributed by atoms with Crippen molar-refractivity contribution in [3.63, 3.8) is 0 Å². The molecule has 0 spiro atoms. The molecule has 2 unspecified atom stereocenters. The Balaban J connectivity index is 1.91. The van der Waals surface area contributed by atoms with Gasteiger partial charge >= 0.3 is 0 Å². The number of thiophene rings is 1. The molecule has 18 heavy (non-hydrogen) atoms. The number of rotatable bonds is 2. The number of hydrogen-bond acceptors (Lipinski definition) is 4. The van der Waals surface area contributed by atoms with E-state index in [4.69, 9.17) is 5.11 Å². The third kappa shape index (κ3) is 3.56. The van der Waals surface area contributed by atoms with E-state index in [0.717, 1.165) is 30.9 Å². The van der Waals surface area contributed by atoms with Crippen LogP contribution in [0.1, 0.15) is 23.1 Å². The number of aliphatic hydroxyl groups is 2. The van der Waals surface area contributed by atoms with Gasteiger partial charge in [0.25, 0.3) is 0 Å². The lowest BCUT2D eigenvalue weighted by molar-refractivity contribution is 0.0324. The average Bonchev–Trinajstić information content (AvgIpc) is 2.79. The van der Waals surface area contributed by atoms with Gasteiger partial charge in [-0.3, -0.25) is 4.90 Å². The van der Waals surface area contributed by atoms with Crippen LogP contribution >= 0.6 is 11.3 Å². The van der Waals surface area contributed by atoms with Crippen LogP contribution in [-0.4, -0.2) is 40.9 Å². The van der Waals surface area contributed by atoms with Crippen molar-refractivity contribution in [2.45, 2.75) is 26.0 Å². The van der Waals surface area contributed by atoms with Gasteiger partial charge in [0.15, 0.2) is 0 Å². The van der Waals surface area contributed by atoms with Crippen LogP contribution in [0.15, 0.2) is 12.1 Å². The molecule has 1 aliphatic rings. The number of likely N-dealkylation sites (tertiary alicyclic amines) is 1. The van der Waals surface area contributed by atoms with Gasteiger partial charge in [0.2, 0.25) is 0 Å². The summed E-state index contributed by atoms with van der Waals surface area (Å²) in [4.78, 5) is 4.68. The lowest BCUT2D eigenvalue weighted by Gasteiger charge is -2.34. The van der Waals surface area contributed by atoms with E-state index in [0.29, 0.717) is 5.92 Å². The van der Waals surface area contributed by atoms with Gasteiger partial charge in [0, 0.05) is 24.5 Å². The van der Waals surface area contributed by atoms with Gasteiger partial charge in [-0.15, -0.1) is 11.3 Å². The van der Waals surface area contributed by atoms with Crippen LogP contribution in [0, 0.1) is 17.8 Å². The van der Waals surface area contributed by atoms with Crippen LogP contribution in [0.3, 0.4) is 0 Å². The molecule has 1 fully saturated rings. The fraction of sp³-hybridized carbons (Fsp3) is 0.571. The lowest BCUT2D eigenvalue weighted by Crippen LogP contribution is -2.41. The molecular formula is C14H19NO2S. The first-order valence-electron chi connectivity index (χ1n) is 6.28. The van der Waals surface area contributed by atoms with Crippen molar-refractivity contribution in [3.05, 3.63) is 21.9 Å². The molecule has 0 amide bonds. The minimum Gasteiger partial charge on any atom is -0.393 e. The zero-order valence-electron chi connectivity index (χ0n) is 10.6. The minimum absolute atomic E-state index is 0.0885. The van der Waals surface area contributed by atoms with Crippen LogP contribution in [0.4, 0.5) is 0 Å². The summed E-state index contributed by atoms with van der Waals surface area (Å²) in [5.74, 6) is 5.95. The van der Waals surface area contributed by atoms with Crippen LogP contribution in [0.5, 0.6) is 0 Å². The highest BCUT2D eigenvalue weighted by atomic mass is 32.1. The normalized spacial score (nSPS) is 24.6. The molecule has 0 saturated carbocycles. The first-order valence-corrected chi connectivity index (χ1v) is 7.09. The summed E-state index contributed by atoms with van der Waals surface area (Å²) in [6, 6.07) is 4.10. The van der Waals surface area contributed by atoms with Crippen molar-refractivity contribution in [1.82, 2.24) is 4.90 Å². The van der Waals surface area contributed by atoms with Gasteiger partial charge in [-0.25, -0.2) is 0 Å². The Hall–Kier alpha value is -0.860. The summed E-state index contributed by atoms with van der Waals surface area (Å²) >= 11 is 1.68. The van der Waals surface area contributed by atoms with Gasteiger partial charge in [-0.2, -0.15) is 0 Å². The Kier molecular flexibility index (Phi) is 4.79. The monoisotopic (exact) mass is 265 g/mol. The molecule has 1 aliphatic heterocycles. The predicted molar refractivity (Wildman–Crippen MR) is 73.3 cm³/mol. The van der Waals surface area contributed by atoms with Crippen molar-refractivity contribution >= 4 is 11.3 Å². The van der Waals surface area contributed by atoms with Gasteiger partial charge in [-0.1, -0.05) is 18.8 Å². The fourth-order valence-electron chi connectivity index (χ4n) is 2.24. The maximum absolute atomic E-state index is 9.70. The van der Waals surface area contributed by atoms with E-state index in [2.05, 4.69) is 29.7 Å². The van der Waals surface area contributed by atoms with Gasteiger partial charge < -0.3 is 10.2 Å². The highest BCUT2D eigenvalue weighted by molar-refractivity contribution is 7.12. The topological polar surface area (TPSA) is 43.7 Å². The Morgan fingerprint density at radius 2 is 2.33 bits per heavy atom. The largest absolute Gasteiger partial charge is 0.393 e. The van der Waals surface area contributed by atoms with Crippen LogP contribution < -0.4 is 0 Å². The Labute approximate surface area is 112 Å². The number of piperidine rings is 1. The Bertz CT molecular complexity index is 446. The molecule has 1 saturated heterocycles. The second-order valence-electron chi connectivity index (χ2n) is 4.79. The maximum Gasteiger partial charge on any atom is 0.104 e. The van der Waals surface area contributed by atoms with Crippen molar-refractivity contribution in [2.75, 3.05) is 19.7 Å². The maximum atomic E-state index is 9.70. The Morgan fingerprint density at radius 1 is 1.50 bits per heavy atom. The summed E-state index contributed by atoms with van der Waals surface area (Å²) in [6.07, 6.45) is 0.722. The molecule has 0 bridgehead atoms. The van der Waals surface area contributed by atoms with Crippen LogP contribution in [0.2, 0.25) is 0 Å². The molecule has 2 rings (SSSR count). The SMILES string of the molecule is CC1CN(Cc2ccc(C#CCO)s2)CCC1O. The third-order valence-corrected chi connectivity index (χ3v) is 4.26. The summed E-state index contributed by atoms with van der Waals surface area (Å²) in [6.45, 7) is 4.86. The van der Waals surface area contributed by atoms with E-state index in [1.54, 1.807) is 11.3 Å². The van der Waals surface area contributed by atoms with Gasteiger partial charge in [0.1, 0.15) is 6.61 Å².